The highest BCUT2D eigenvalue weighted by Crippen LogP contribution is 2.38. The van der Waals surface area contributed by atoms with Crippen molar-refractivity contribution in [3.05, 3.63) is 187 Å². The predicted molar refractivity (Wildman–Crippen MR) is 204 cm³/mol. The summed E-state index contributed by atoms with van der Waals surface area (Å²) in [4.78, 5) is 0. The summed E-state index contributed by atoms with van der Waals surface area (Å²) in [7, 11) is -2.83. The Kier molecular flexibility index (Phi) is 7.63. The zero-order valence-electron chi connectivity index (χ0n) is 27.0. The molecule has 0 bridgehead atoms. The van der Waals surface area contributed by atoms with Gasteiger partial charge in [0, 0.05) is 16.3 Å². The van der Waals surface area contributed by atoms with Crippen LogP contribution in [0.1, 0.15) is 16.7 Å². The van der Waals surface area contributed by atoms with Gasteiger partial charge in [0.2, 0.25) is 0 Å². The van der Waals surface area contributed by atoms with Crippen LogP contribution >= 0.6 is 0 Å². The van der Waals surface area contributed by atoms with Gasteiger partial charge in [-0.25, -0.2) is 0 Å². The Bertz CT molecular complexity index is 2510. The zero-order chi connectivity index (χ0) is 34.1. The maximum atomic E-state index is 10.6. The van der Waals surface area contributed by atoms with E-state index < -0.39 is 8.07 Å². The first-order valence-corrected chi connectivity index (χ1v) is 18.4. The maximum absolute atomic E-state index is 10.6. The lowest BCUT2D eigenvalue weighted by Crippen LogP contribution is -2.74. The second-order valence-electron chi connectivity index (χ2n) is 12.3. The van der Waals surface area contributed by atoms with Crippen molar-refractivity contribution in [2.45, 2.75) is 0 Å². The van der Waals surface area contributed by atoms with E-state index in [2.05, 4.69) is 144 Å². The molecule has 0 saturated carbocycles. The molecule has 5 heteroatoms. The van der Waals surface area contributed by atoms with E-state index in [1.807, 2.05) is 48.5 Å². The second kappa shape index (κ2) is 12.6. The molecule has 0 atom stereocenters. The highest BCUT2D eigenvalue weighted by atomic mass is 28.3. The Hall–Kier alpha value is -6.97. The molecule has 50 heavy (non-hydrogen) atoms. The lowest BCUT2D eigenvalue weighted by Gasteiger charge is -2.34. The Morgan fingerprint density at radius 1 is 0.420 bits per heavy atom. The van der Waals surface area contributed by atoms with E-state index in [4.69, 9.17) is 0 Å². The molecule has 8 aromatic rings. The van der Waals surface area contributed by atoms with Gasteiger partial charge in [-0.15, -0.1) is 0 Å². The molecular formula is C45H28N4Si. The van der Waals surface area contributed by atoms with Crippen molar-refractivity contribution in [1.82, 2.24) is 4.57 Å². The molecule has 0 saturated heterocycles. The summed E-state index contributed by atoms with van der Waals surface area (Å²) in [5.41, 5.74) is 6.04. The minimum Gasteiger partial charge on any atom is -0.309 e. The second-order valence-corrected chi connectivity index (χ2v) is 16.1. The Morgan fingerprint density at radius 3 is 1.38 bits per heavy atom. The standard InChI is InChI=1S/C45H28N4Si/c46-29-32-22-24-42-40(26-32)41-27-33(30-47)23-25-43(41)49(42)44-21-11-13-35(31-48)45(44)34-12-10-20-39(28-34)50(36-14-4-1-5-15-36,37-16-6-2-7-17-37)38-18-8-3-9-19-38/h1-28H. The van der Waals surface area contributed by atoms with Gasteiger partial charge < -0.3 is 4.57 Å². The summed E-state index contributed by atoms with van der Waals surface area (Å²) in [6.07, 6.45) is 0. The van der Waals surface area contributed by atoms with E-state index in [1.54, 1.807) is 0 Å². The summed E-state index contributed by atoms with van der Waals surface area (Å²) in [5, 5.41) is 36.9. The zero-order valence-corrected chi connectivity index (χ0v) is 28.0. The number of hydrogen-bond acceptors (Lipinski definition) is 3. The first-order valence-electron chi connectivity index (χ1n) is 16.4. The minimum absolute atomic E-state index is 0.543. The lowest BCUT2D eigenvalue weighted by atomic mass is 9.98. The van der Waals surface area contributed by atoms with Gasteiger partial charge in [0.15, 0.2) is 8.07 Å². The fourth-order valence-electron chi connectivity index (χ4n) is 7.52. The average Bonchev–Trinajstić information content (AvgIpc) is 3.52. The van der Waals surface area contributed by atoms with Crippen LogP contribution in [0.25, 0.3) is 38.6 Å². The monoisotopic (exact) mass is 652 g/mol. The van der Waals surface area contributed by atoms with Gasteiger partial charge in [-0.1, -0.05) is 121 Å². The summed E-state index contributed by atoms with van der Waals surface area (Å²) >= 11 is 0. The molecular weight excluding hydrogens is 625 g/mol. The average molecular weight is 653 g/mol. The van der Waals surface area contributed by atoms with Crippen molar-refractivity contribution in [1.29, 1.82) is 15.8 Å². The van der Waals surface area contributed by atoms with Crippen LogP contribution in [0.2, 0.25) is 0 Å². The number of nitrogens with zero attached hydrogens (tertiary/aromatic N) is 4. The Balaban J connectivity index is 1.45. The highest BCUT2D eigenvalue weighted by molar-refractivity contribution is 7.19. The molecule has 0 fully saturated rings. The number of aromatic nitrogens is 1. The van der Waals surface area contributed by atoms with Crippen molar-refractivity contribution in [3.63, 3.8) is 0 Å². The maximum Gasteiger partial charge on any atom is 0.179 e. The molecule has 0 aliphatic heterocycles. The van der Waals surface area contributed by atoms with E-state index in [0.717, 1.165) is 38.6 Å². The van der Waals surface area contributed by atoms with Gasteiger partial charge in [-0.05, 0) is 74.8 Å². The number of benzene rings is 7. The van der Waals surface area contributed by atoms with Crippen LogP contribution in [0.15, 0.2) is 170 Å². The molecule has 0 N–H and O–H groups in total. The van der Waals surface area contributed by atoms with Crippen LogP contribution in [0.3, 0.4) is 0 Å². The van der Waals surface area contributed by atoms with Gasteiger partial charge in [0.1, 0.15) is 0 Å². The summed E-state index contributed by atoms with van der Waals surface area (Å²) in [5.74, 6) is 0. The molecule has 0 radical (unpaired) electrons. The Labute approximate surface area is 291 Å². The van der Waals surface area contributed by atoms with Crippen LogP contribution in [-0.4, -0.2) is 12.6 Å². The molecule has 8 rings (SSSR count). The van der Waals surface area contributed by atoms with Gasteiger partial charge in [0.05, 0.1) is 51.6 Å². The first-order chi connectivity index (χ1) is 24.7. The molecule has 0 unspecified atom stereocenters. The van der Waals surface area contributed by atoms with Crippen LogP contribution in [0.5, 0.6) is 0 Å². The van der Waals surface area contributed by atoms with Crippen molar-refractivity contribution in [2.75, 3.05) is 0 Å². The van der Waals surface area contributed by atoms with E-state index >= 15 is 0 Å². The first kappa shape index (κ1) is 30.4. The molecule has 0 aliphatic rings. The van der Waals surface area contributed by atoms with Gasteiger partial charge in [0.25, 0.3) is 0 Å². The van der Waals surface area contributed by atoms with E-state index in [0.29, 0.717) is 16.7 Å². The molecule has 4 nitrogen and oxygen atoms in total. The fraction of sp³-hybridized carbons (Fsp3) is 0. The van der Waals surface area contributed by atoms with Crippen molar-refractivity contribution >= 4 is 50.6 Å². The smallest absolute Gasteiger partial charge is 0.179 e. The van der Waals surface area contributed by atoms with Crippen molar-refractivity contribution < 1.29 is 0 Å². The van der Waals surface area contributed by atoms with Crippen molar-refractivity contribution in [2.24, 2.45) is 0 Å². The van der Waals surface area contributed by atoms with Crippen LogP contribution in [0, 0.1) is 34.0 Å². The third-order valence-corrected chi connectivity index (χ3v) is 14.4. The fourth-order valence-corrected chi connectivity index (χ4v) is 12.3. The van der Waals surface area contributed by atoms with Crippen LogP contribution in [-0.2, 0) is 0 Å². The van der Waals surface area contributed by atoms with E-state index in [-0.39, 0.29) is 0 Å². The predicted octanol–water partition coefficient (Wildman–Crippen LogP) is 7.44. The number of nitriles is 3. The number of fused-ring (bicyclic) bond motifs is 3. The largest absolute Gasteiger partial charge is 0.309 e. The lowest BCUT2D eigenvalue weighted by molar-refractivity contribution is 1.18. The number of hydrogen-bond donors (Lipinski definition) is 0. The number of rotatable bonds is 6. The molecule has 1 aromatic heterocycles. The van der Waals surface area contributed by atoms with E-state index in [9.17, 15) is 15.8 Å². The van der Waals surface area contributed by atoms with Gasteiger partial charge in [-0.2, -0.15) is 15.8 Å². The quantitative estimate of drug-likeness (QED) is 0.138. The summed E-state index contributed by atoms with van der Waals surface area (Å²) in [6, 6.07) is 65.3. The third-order valence-electron chi connectivity index (χ3n) is 9.63. The van der Waals surface area contributed by atoms with Crippen molar-refractivity contribution in [3.8, 4) is 35.0 Å². The third kappa shape index (κ3) is 4.80. The molecule has 7 aromatic carbocycles. The molecule has 0 spiro atoms. The van der Waals surface area contributed by atoms with Gasteiger partial charge >= 0.3 is 0 Å². The normalized spacial score (nSPS) is 11.1. The molecule has 232 valence electrons. The summed E-state index contributed by atoms with van der Waals surface area (Å²) < 4.78 is 2.16. The topological polar surface area (TPSA) is 76.3 Å². The SMILES string of the molecule is N#Cc1ccc2c(c1)c1cc(C#N)ccc1n2-c1cccc(C#N)c1-c1cccc([Si](c2ccccc2)(c2ccccc2)c2ccccc2)c1. The molecule has 0 amide bonds. The van der Waals surface area contributed by atoms with Gasteiger partial charge in [-0.3, -0.25) is 0 Å². The summed E-state index contributed by atoms with van der Waals surface area (Å²) in [6.45, 7) is 0. The molecule has 1 heterocycles. The molecule has 0 aliphatic carbocycles. The van der Waals surface area contributed by atoms with Crippen LogP contribution < -0.4 is 20.7 Å². The van der Waals surface area contributed by atoms with Crippen LogP contribution in [0.4, 0.5) is 0 Å². The minimum atomic E-state index is -2.83. The Morgan fingerprint density at radius 2 is 0.900 bits per heavy atom. The highest BCUT2D eigenvalue weighted by Gasteiger charge is 2.41. The van der Waals surface area contributed by atoms with E-state index in [1.165, 1.54) is 20.7 Å².